The highest BCUT2D eigenvalue weighted by atomic mass is 32.1. The first kappa shape index (κ1) is 14.8. The van der Waals surface area contributed by atoms with Crippen LogP contribution in [0.25, 0.3) is 0 Å². The third kappa shape index (κ3) is 2.45. The van der Waals surface area contributed by atoms with Gasteiger partial charge in [-0.3, -0.25) is 4.79 Å². The van der Waals surface area contributed by atoms with E-state index in [0.717, 1.165) is 37.6 Å². The number of carbonyl (C=O) groups is 1. The van der Waals surface area contributed by atoms with Crippen LogP contribution in [-0.2, 0) is 4.79 Å². The summed E-state index contributed by atoms with van der Waals surface area (Å²) in [6.07, 6.45) is 9.18. The van der Waals surface area contributed by atoms with Gasteiger partial charge in [0.25, 0.3) is 0 Å². The molecule has 5 heteroatoms. The Kier molecular flexibility index (Phi) is 3.47. The standard InChI is InChI=1S/C17H25N3OS/c18-9-14-2-1-3-20(14)15(21)10-19-16-5-12-4-13(6-16)8-17(22,7-12)11-16/h12-14,19,22H,1-8,10-11H2/t12?,13?,14-,16?,17?/m0/s1. The van der Waals surface area contributed by atoms with Crippen LogP contribution in [0.15, 0.2) is 0 Å². The zero-order valence-electron chi connectivity index (χ0n) is 13.1. The number of likely N-dealkylation sites (tertiary alicyclic amines) is 1. The number of nitriles is 1. The molecule has 1 aliphatic heterocycles. The van der Waals surface area contributed by atoms with Gasteiger partial charge >= 0.3 is 0 Å². The summed E-state index contributed by atoms with van der Waals surface area (Å²) in [5.41, 5.74) is 0.128. The lowest BCUT2D eigenvalue weighted by Crippen LogP contribution is -2.64. The number of thiol groups is 1. The molecule has 5 fully saturated rings. The summed E-state index contributed by atoms with van der Waals surface area (Å²) in [6.45, 7) is 1.13. The van der Waals surface area contributed by atoms with Crippen molar-refractivity contribution in [2.45, 2.75) is 67.7 Å². The van der Waals surface area contributed by atoms with Gasteiger partial charge < -0.3 is 10.2 Å². The molecule has 5 aliphatic rings. The van der Waals surface area contributed by atoms with Crippen molar-refractivity contribution in [3.8, 4) is 6.07 Å². The fourth-order valence-corrected chi connectivity index (χ4v) is 6.80. The molecule has 1 saturated heterocycles. The maximum atomic E-state index is 12.5. The second kappa shape index (κ2) is 5.14. The summed E-state index contributed by atoms with van der Waals surface area (Å²) in [7, 11) is 0. The lowest BCUT2D eigenvalue weighted by atomic mass is 9.52. The van der Waals surface area contributed by atoms with Crippen molar-refractivity contribution in [1.82, 2.24) is 10.2 Å². The van der Waals surface area contributed by atoms with E-state index in [4.69, 9.17) is 17.9 Å². The second-order valence-electron chi connectivity index (χ2n) is 8.19. The van der Waals surface area contributed by atoms with Crippen molar-refractivity contribution < 1.29 is 4.79 Å². The van der Waals surface area contributed by atoms with Crippen LogP contribution in [0.2, 0.25) is 0 Å². The first-order valence-corrected chi connectivity index (χ1v) is 9.12. The highest BCUT2D eigenvalue weighted by Crippen LogP contribution is 2.59. The van der Waals surface area contributed by atoms with Crippen LogP contribution in [0.4, 0.5) is 0 Å². The minimum Gasteiger partial charge on any atom is -0.326 e. The van der Waals surface area contributed by atoms with Gasteiger partial charge in [-0.2, -0.15) is 17.9 Å². The van der Waals surface area contributed by atoms with E-state index >= 15 is 0 Å². The summed E-state index contributed by atoms with van der Waals surface area (Å²) in [6, 6.07) is 2.05. The predicted molar refractivity (Wildman–Crippen MR) is 87.5 cm³/mol. The van der Waals surface area contributed by atoms with Crippen LogP contribution < -0.4 is 5.32 Å². The molecule has 4 saturated carbocycles. The highest BCUT2D eigenvalue weighted by Gasteiger charge is 2.56. The van der Waals surface area contributed by atoms with E-state index in [-0.39, 0.29) is 22.2 Å². The maximum Gasteiger partial charge on any atom is 0.237 e. The third-order valence-corrected chi connectivity index (χ3v) is 6.89. The molecule has 0 radical (unpaired) electrons. The molecule has 22 heavy (non-hydrogen) atoms. The van der Waals surface area contributed by atoms with E-state index < -0.39 is 0 Å². The Morgan fingerprint density at radius 1 is 1.32 bits per heavy atom. The zero-order valence-corrected chi connectivity index (χ0v) is 13.9. The average molecular weight is 319 g/mol. The quantitative estimate of drug-likeness (QED) is 0.784. The molecule has 1 amide bonds. The molecule has 2 unspecified atom stereocenters. The topological polar surface area (TPSA) is 56.1 Å². The van der Waals surface area contributed by atoms with Gasteiger partial charge in [0.2, 0.25) is 5.91 Å². The number of hydrogen-bond acceptors (Lipinski definition) is 4. The van der Waals surface area contributed by atoms with Gasteiger partial charge in [-0.15, -0.1) is 0 Å². The van der Waals surface area contributed by atoms with E-state index in [2.05, 4.69) is 11.4 Å². The van der Waals surface area contributed by atoms with Gasteiger partial charge in [0.05, 0.1) is 12.6 Å². The molecule has 1 N–H and O–H groups in total. The zero-order chi connectivity index (χ0) is 15.4. The van der Waals surface area contributed by atoms with E-state index in [9.17, 15) is 4.79 Å². The number of carbonyl (C=O) groups excluding carboxylic acids is 1. The van der Waals surface area contributed by atoms with E-state index in [1.807, 2.05) is 0 Å². The van der Waals surface area contributed by atoms with Crippen molar-refractivity contribution in [3.05, 3.63) is 0 Å². The number of nitrogens with zero attached hydrogens (tertiary/aromatic N) is 2. The van der Waals surface area contributed by atoms with Gasteiger partial charge in [0.1, 0.15) is 6.04 Å². The van der Waals surface area contributed by atoms with Gasteiger partial charge in [-0.1, -0.05) is 0 Å². The molecular formula is C17H25N3OS. The summed E-state index contributed by atoms with van der Waals surface area (Å²) < 4.78 is 0.197. The maximum absolute atomic E-state index is 12.5. The Balaban J connectivity index is 1.41. The Labute approximate surface area is 138 Å². The van der Waals surface area contributed by atoms with Crippen LogP contribution in [0, 0.1) is 23.2 Å². The minimum atomic E-state index is -0.207. The van der Waals surface area contributed by atoms with Gasteiger partial charge in [0, 0.05) is 16.8 Å². The summed E-state index contributed by atoms with van der Waals surface area (Å²) in [4.78, 5) is 14.2. The average Bonchev–Trinajstić information content (AvgIpc) is 2.90. The molecule has 120 valence electrons. The van der Waals surface area contributed by atoms with Crippen molar-refractivity contribution in [1.29, 1.82) is 5.26 Å². The van der Waals surface area contributed by atoms with E-state index in [1.165, 1.54) is 32.1 Å². The van der Waals surface area contributed by atoms with Gasteiger partial charge in [0.15, 0.2) is 0 Å². The molecule has 5 rings (SSSR count). The molecule has 3 atom stereocenters. The van der Waals surface area contributed by atoms with E-state index in [1.54, 1.807) is 4.90 Å². The summed E-state index contributed by atoms with van der Waals surface area (Å²) >= 11 is 4.99. The van der Waals surface area contributed by atoms with Gasteiger partial charge in [-0.25, -0.2) is 0 Å². The number of nitrogens with one attached hydrogen (secondary N) is 1. The summed E-state index contributed by atoms with van der Waals surface area (Å²) in [5.74, 6) is 1.69. The third-order valence-electron chi connectivity index (χ3n) is 6.37. The number of rotatable bonds is 3. The predicted octanol–water partition coefficient (Wildman–Crippen LogP) is 2.11. The van der Waals surface area contributed by atoms with Crippen LogP contribution in [0.3, 0.4) is 0 Å². The highest BCUT2D eigenvalue weighted by molar-refractivity contribution is 7.81. The van der Waals surface area contributed by atoms with Crippen molar-refractivity contribution in [3.63, 3.8) is 0 Å². The monoisotopic (exact) mass is 319 g/mol. The number of amides is 1. The fourth-order valence-electron chi connectivity index (χ4n) is 5.99. The fraction of sp³-hybridized carbons (Fsp3) is 0.882. The van der Waals surface area contributed by atoms with Crippen LogP contribution in [0.5, 0.6) is 0 Å². The van der Waals surface area contributed by atoms with Crippen molar-refractivity contribution >= 4 is 18.5 Å². The van der Waals surface area contributed by atoms with Crippen LogP contribution in [0.1, 0.15) is 51.4 Å². The Morgan fingerprint density at radius 3 is 2.68 bits per heavy atom. The second-order valence-corrected chi connectivity index (χ2v) is 9.14. The molecule has 0 aromatic heterocycles. The molecular weight excluding hydrogens is 294 g/mol. The lowest BCUT2D eigenvalue weighted by molar-refractivity contribution is -0.131. The Hall–Kier alpha value is -0.730. The largest absolute Gasteiger partial charge is 0.326 e. The van der Waals surface area contributed by atoms with Crippen molar-refractivity contribution in [2.24, 2.45) is 11.8 Å². The molecule has 0 aromatic carbocycles. The molecule has 0 spiro atoms. The van der Waals surface area contributed by atoms with Crippen LogP contribution in [-0.4, -0.2) is 40.2 Å². The Bertz CT molecular complexity index is 514. The lowest BCUT2D eigenvalue weighted by Gasteiger charge is -2.61. The minimum absolute atomic E-state index is 0.105. The number of hydrogen-bond donors (Lipinski definition) is 2. The van der Waals surface area contributed by atoms with E-state index in [0.29, 0.717) is 6.54 Å². The smallest absolute Gasteiger partial charge is 0.237 e. The first-order chi connectivity index (χ1) is 10.5. The Morgan fingerprint density at radius 2 is 2.05 bits per heavy atom. The van der Waals surface area contributed by atoms with Crippen LogP contribution >= 0.6 is 12.6 Å². The first-order valence-electron chi connectivity index (χ1n) is 8.67. The molecule has 4 aliphatic carbocycles. The van der Waals surface area contributed by atoms with Crippen molar-refractivity contribution in [2.75, 3.05) is 13.1 Å². The molecule has 0 aromatic rings. The SMILES string of the molecule is N#C[C@@H]1CCCN1C(=O)CNC12CC3CC(CC(S)(C3)C1)C2. The molecule has 1 heterocycles. The molecule has 4 nitrogen and oxygen atoms in total. The molecule has 4 bridgehead atoms. The van der Waals surface area contributed by atoms with Gasteiger partial charge in [-0.05, 0) is 63.2 Å². The normalized spacial score (nSPS) is 46.0. The summed E-state index contributed by atoms with van der Waals surface area (Å²) in [5, 5.41) is 12.8.